The second-order valence-corrected chi connectivity index (χ2v) is 7.59. The molecule has 3 rings (SSSR count). The molecule has 0 bridgehead atoms. The molecule has 1 aromatic carbocycles. The van der Waals surface area contributed by atoms with Crippen LogP contribution in [-0.4, -0.2) is 41.9 Å². The van der Waals surface area contributed by atoms with Crippen molar-refractivity contribution >= 4 is 17.4 Å². The maximum absolute atomic E-state index is 12.6. The lowest BCUT2D eigenvalue weighted by atomic mass is 9.98. The van der Waals surface area contributed by atoms with Crippen molar-refractivity contribution in [2.45, 2.75) is 51.3 Å². The standard InChI is InChI=1S/C22H30N4O5/c1-30-13-12-26-20(24-18(27)15-31-17-10-6-3-7-11-17)19(21(28)25-22(26)29)23-14-16-8-4-2-5-9-16/h2,4-5,8-9,17,23H,3,6-7,10-15H2,1H3,(H,24,27)(H,25,28,29). The van der Waals surface area contributed by atoms with Crippen LogP contribution >= 0.6 is 0 Å². The van der Waals surface area contributed by atoms with Crippen molar-refractivity contribution < 1.29 is 14.3 Å². The highest BCUT2D eigenvalue weighted by Gasteiger charge is 2.19. The largest absolute Gasteiger partial charge is 0.383 e. The topological polar surface area (TPSA) is 114 Å². The first kappa shape index (κ1) is 22.8. The van der Waals surface area contributed by atoms with E-state index in [2.05, 4.69) is 15.6 Å². The highest BCUT2D eigenvalue weighted by atomic mass is 16.5. The zero-order valence-electron chi connectivity index (χ0n) is 17.8. The number of methoxy groups -OCH3 is 1. The Balaban J connectivity index is 1.80. The van der Waals surface area contributed by atoms with Crippen molar-refractivity contribution in [1.82, 2.24) is 9.55 Å². The van der Waals surface area contributed by atoms with E-state index in [9.17, 15) is 14.4 Å². The number of carbonyl (C=O) groups excluding carboxylic acids is 1. The number of carbonyl (C=O) groups is 1. The normalized spacial score (nSPS) is 14.4. The molecule has 1 aliphatic rings. The van der Waals surface area contributed by atoms with Crippen LogP contribution in [0, 0.1) is 0 Å². The van der Waals surface area contributed by atoms with Gasteiger partial charge in [-0.15, -0.1) is 0 Å². The van der Waals surface area contributed by atoms with Gasteiger partial charge in [-0.1, -0.05) is 49.6 Å². The van der Waals surface area contributed by atoms with Gasteiger partial charge in [0.05, 0.1) is 19.3 Å². The van der Waals surface area contributed by atoms with Crippen LogP contribution in [0.1, 0.15) is 37.7 Å². The first-order valence-electron chi connectivity index (χ1n) is 10.6. The van der Waals surface area contributed by atoms with E-state index in [-0.39, 0.29) is 37.4 Å². The second kappa shape index (κ2) is 11.5. The summed E-state index contributed by atoms with van der Waals surface area (Å²) in [5.74, 6) is -0.302. The summed E-state index contributed by atoms with van der Waals surface area (Å²) in [7, 11) is 1.52. The zero-order valence-corrected chi connectivity index (χ0v) is 17.8. The van der Waals surface area contributed by atoms with E-state index in [1.807, 2.05) is 30.3 Å². The number of aromatic amines is 1. The summed E-state index contributed by atoms with van der Waals surface area (Å²) in [6.45, 7) is 0.638. The van der Waals surface area contributed by atoms with Gasteiger partial charge in [0.2, 0.25) is 0 Å². The number of hydrogen-bond donors (Lipinski definition) is 3. The van der Waals surface area contributed by atoms with Gasteiger partial charge in [0, 0.05) is 13.7 Å². The Kier molecular flexibility index (Phi) is 8.43. The third kappa shape index (κ3) is 6.53. The molecular weight excluding hydrogens is 400 g/mol. The molecule has 168 valence electrons. The quantitative estimate of drug-likeness (QED) is 0.532. The molecule has 1 heterocycles. The molecule has 1 aromatic heterocycles. The minimum atomic E-state index is -0.615. The van der Waals surface area contributed by atoms with E-state index < -0.39 is 17.2 Å². The Bertz CT molecular complexity index is 964. The molecule has 0 spiro atoms. The predicted molar refractivity (Wildman–Crippen MR) is 118 cm³/mol. The molecule has 2 aromatic rings. The number of nitrogens with zero attached hydrogens (tertiary/aromatic N) is 1. The maximum atomic E-state index is 12.6. The third-order valence-electron chi connectivity index (χ3n) is 5.29. The van der Waals surface area contributed by atoms with E-state index >= 15 is 0 Å². The number of amides is 1. The summed E-state index contributed by atoms with van der Waals surface area (Å²) in [6, 6.07) is 9.52. The van der Waals surface area contributed by atoms with Gasteiger partial charge in [0.1, 0.15) is 18.1 Å². The van der Waals surface area contributed by atoms with Crippen LogP contribution in [-0.2, 0) is 27.4 Å². The highest BCUT2D eigenvalue weighted by Crippen LogP contribution is 2.21. The minimum absolute atomic E-state index is 0.0741. The SMILES string of the molecule is COCCn1c(NC(=O)COC2CCCCC2)c(NCc2ccccc2)c(=O)[nH]c1=O. The zero-order chi connectivity index (χ0) is 22.1. The van der Waals surface area contributed by atoms with Crippen molar-refractivity contribution in [2.75, 3.05) is 31.0 Å². The lowest BCUT2D eigenvalue weighted by Gasteiger charge is -2.22. The van der Waals surface area contributed by atoms with Gasteiger partial charge in [0.25, 0.3) is 11.5 Å². The molecule has 1 aliphatic carbocycles. The van der Waals surface area contributed by atoms with Crippen LogP contribution < -0.4 is 21.9 Å². The third-order valence-corrected chi connectivity index (χ3v) is 5.29. The molecule has 0 aliphatic heterocycles. The number of rotatable bonds is 10. The first-order chi connectivity index (χ1) is 15.1. The summed E-state index contributed by atoms with van der Waals surface area (Å²) in [4.78, 5) is 39.9. The molecule has 0 radical (unpaired) electrons. The van der Waals surface area contributed by atoms with Crippen molar-refractivity contribution in [2.24, 2.45) is 0 Å². The number of nitrogens with one attached hydrogen (secondary N) is 3. The van der Waals surface area contributed by atoms with E-state index in [0.29, 0.717) is 6.54 Å². The summed E-state index contributed by atoms with van der Waals surface area (Å²) < 4.78 is 12.1. The van der Waals surface area contributed by atoms with E-state index in [0.717, 1.165) is 31.2 Å². The van der Waals surface area contributed by atoms with Crippen LogP contribution in [0.25, 0.3) is 0 Å². The molecule has 1 fully saturated rings. The molecule has 1 saturated carbocycles. The average molecular weight is 431 g/mol. The molecule has 0 atom stereocenters. The van der Waals surface area contributed by atoms with Crippen molar-refractivity contribution in [3.8, 4) is 0 Å². The van der Waals surface area contributed by atoms with Crippen LogP contribution in [0.2, 0.25) is 0 Å². The lowest BCUT2D eigenvalue weighted by Crippen LogP contribution is -2.37. The monoisotopic (exact) mass is 430 g/mol. The molecule has 3 N–H and O–H groups in total. The van der Waals surface area contributed by atoms with Gasteiger partial charge in [-0.3, -0.25) is 19.1 Å². The lowest BCUT2D eigenvalue weighted by molar-refractivity contribution is -0.123. The Morgan fingerprint density at radius 1 is 1.16 bits per heavy atom. The first-order valence-corrected chi connectivity index (χ1v) is 10.6. The van der Waals surface area contributed by atoms with Gasteiger partial charge in [-0.2, -0.15) is 0 Å². The smallest absolute Gasteiger partial charge is 0.330 e. The molecule has 9 nitrogen and oxygen atoms in total. The van der Waals surface area contributed by atoms with E-state index in [1.54, 1.807) is 0 Å². The fourth-order valence-corrected chi connectivity index (χ4v) is 3.64. The van der Waals surface area contributed by atoms with Gasteiger partial charge < -0.3 is 20.1 Å². The number of aromatic nitrogens is 2. The Hall–Kier alpha value is -2.91. The van der Waals surface area contributed by atoms with Crippen LogP contribution in [0.5, 0.6) is 0 Å². The summed E-state index contributed by atoms with van der Waals surface area (Å²) >= 11 is 0. The predicted octanol–water partition coefficient (Wildman–Crippen LogP) is 2.08. The molecule has 9 heteroatoms. The van der Waals surface area contributed by atoms with Gasteiger partial charge in [0.15, 0.2) is 0 Å². The fraction of sp³-hybridized carbons (Fsp3) is 0.500. The highest BCUT2D eigenvalue weighted by molar-refractivity contribution is 5.93. The molecule has 31 heavy (non-hydrogen) atoms. The van der Waals surface area contributed by atoms with Crippen molar-refractivity contribution in [1.29, 1.82) is 0 Å². The van der Waals surface area contributed by atoms with E-state index in [1.165, 1.54) is 18.1 Å². The van der Waals surface area contributed by atoms with Gasteiger partial charge in [-0.25, -0.2) is 4.79 Å². The van der Waals surface area contributed by atoms with Crippen molar-refractivity contribution in [3.05, 3.63) is 56.7 Å². The molecule has 0 unspecified atom stereocenters. The van der Waals surface area contributed by atoms with Gasteiger partial charge >= 0.3 is 5.69 Å². The summed E-state index contributed by atoms with van der Waals surface area (Å²) in [6.07, 6.45) is 5.36. The van der Waals surface area contributed by atoms with Gasteiger partial charge in [-0.05, 0) is 18.4 Å². The molecule has 1 amide bonds. The summed E-state index contributed by atoms with van der Waals surface area (Å²) in [5, 5.41) is 5.76. The second-order valence-electron chi connectivity index (χ2n) is 7.59. The fourth-order valence-electron chi connectivity index (χ4n) is 3.64. The van der Waals surface area contributed by atoms with Crippen LogP contribution in [0.4, 0.5) is 11.5 Å². The Morgan fingerprint density at radius 3 is 2.61 bits per heavy atom. The number of anilines is 2. The number of hydrogen-bond acceptors (Lipinski definition) is 6. The number of H-pyrrole nitrogens is 1. The summed E-state index contributed by atoms with van der Waals surface area (Å²) in [5.41, 5.74) is -0.145. The molecule has 0 saturated heterocycles. The molecular formula is C22H30N4O5. The maximum Gasteiger partial charge on any atom is 0.330 e. The minimum Gasteiger partial charge on any atom is -0.383 e. The average Bonchev–Trinajstić information content (AvgIpc) is 2.78. The Morgan fingerprint density at radius 2 is 1.90 bits per heavy atom. The van der Waals surface area contributed by atoms with Crippen LogP contribution in [0.15, 0.2) is 39.9 Å². The number of ether oxygens (including phenoxy) is 2. The Labute approximate surface area is 180 Å². The number of benzene rings is 1. The van der Waals surface area contributed by atoms with Crippen molar-refractivity contribution in [3.63, 3.8) is 0 Å². The van der Waals surface area contributed by atoms with E-state index in [4.69, 9.17) is 9.47 Å². The van der Waals surface area contributed by atoms with Crippen LogP contribution in [0.3, 0.4) is 0 Å².